The highest BCUT2D eigenvalue weighted by atomic mass is 14.3. The van der Waals surface area contributed by atoms with Crippen molar-refractivity contribution in [2.75, 3.05) is 0 Å². The molecular weight excluding hydrogens is 384 g/mol. The van der Waals surface area contributed by atoms with E-state index in [2.05, 4.69) is 146 Å². The Bertz CT molecular complexity index is 747. The van der Waals surface area contributed by atoms with Gasteiger partial charge in [0.05, 0.1) is 0 Å². The fourth-order valence-corrected chi connectivity index (χ4v) is 3.40. The lowest BCUT2D eigenvalue weighted by atomic mass is 9.76. The first kappa shape index (κ1) is 28.5. The molecule has 0 spiro atoms. The Hall–Kier alpha value is -1.56. The Labute approximate surface area is 201 Å². The van der Waals surface area contributed by atoms with E-state index >= 15 is 0 Å². The molecule has 0 aliphatic heterocycles. The maximum Gasteiger partial charge on any atom is -0.0132 e. The zero-order chi connectivity index (χ0) is 25.3. The zero-order valence-electron chi connectivity index (χ0n) is 24.0. The normalized spacial score (nSPS) is 13.5. The van der Waals surface area contributed by atoms with E-state index in [9.17, 15) is 0 Å². The van der Waals surface area contributed by atoms with Gasteiger partial charge in [0.2, 0.25) is 0 Å². The summed E-state index contributed by atoms with van der Waals surface area (Å²) in [6, 6.07) is 16.2. The summed E-state index contributed by atoms with van der Waals surface area (Å²) >= 11 is 0. The molecule has 0 nitrogen and oxygen atoms in total. The molecule has 0 atom stereocenters. The first-order valence-electron chi connectivity index (χ1n) is 12.3. The Kier molecular flexibility index (Phi) is 8.33. The number of rotatable bonds is 0. The van der Waals surface area contributed by atoms with Crippen molar-refractivity contribution in [2.45, 2.75) is 131 Å². The lowest BCUT2D eigenvalue weighted by Crippen LogP contribution is -2.20. The minimum absolute atomic E-state index is 0.210. The van der Waals surface area contributed by atoms with Crippen LogP contribution in [-0.4, -0.2) is 0 Å². The molecule has 0 heterocycles. The van der Waals surface area contributed by atoms with E-state index in [1.165, 1.54) is 27.8 Å². The fraction of sp³-hybridized carbons (Fsp3) is 0.625. The van der Waals surface area contributed by atoms with E-state index in [1.807, 2.05) is 0 Å². The monoisotopic (exact) mass is 436 g/mol. The van der Waals surface area contributed by atoms with Crippen LogP contribution in [0.4, 0.5) is 0 Å². The first-order valence-corrected chi connectivity index (χ1v) is 12.3. The Balaban J connectivity index is 0.000000330. The van der Waals surface area contributed by atoms with E-state index in [-0.39, 0.29) is 27.1 Å². The maximum atomic E-state index is 2.38. The van der Waals surface area contributed by atoms with Gasteiger partial charge in [-0.2, -0.15) is 0 Å². The van der Waals surface area contributed by atoms with Crippen LogP contribution in [0.5, 0.6) is 0 Å². The number of hydrogen-bond acceptors (Lipinski definition) is 0. The molecule has 0 saturated carbocycles. The summed E-state index contributed by atoms with van der Waals surface area (Å²) in [5.41, 5.74) is 8.30. The zero-order valence-corrected chi connectivity index (χ0v) is 24.0. The molecule has 180 valence electrons. The van der Waals surface area contributed by atoms with E-state index in [0.717, 1.165) is 0 Å². The Morgan fingerprint density at radius 2 is 0.438 bits per heavy atom. The van der Waals surface area contributed by atoms with Gasteiger partial charge in [-0.05, 0) is 54.9 Å². The predicted molar refractivity (Wildman–Crippen MR) is 146 cm³/mol. The molecule has 32 heavy (non-hydrogen) atoms. The molecule has 2 aromatic rings. The van der Waals surface area contributed by atoms with Crippen LogP contribution in [0, 0.1) is 0 Å². The first-order chi connectivity index (χ1) is 14.0. The van der Waals surface area contributed by atoms with Gasteiger partial charge in [-0.3, -0.25) is 0 Å². The molecule has 2 aromatic carbocycles. The van der Waals surface area contributed by atoms with Crippen LogP contribution in [0.1, 0.15) is 132 Å². The van der Waals surface area contributed by atoms with Crippen molar-refractivity contribution in [2.24, 2.45) is 0 Å². The minimum atomic E-state index is 0.210. The topological polar surface area (TPSA) is 0 Å². The maximum absolute atomic E-state index is 2.38. The van der Waals surface area contributed by atoms with Crippen LogP contribution < -0.4 is 0 Å². The summed E-state index contributed by atoms with van der Waals surface area (Å²) in [7, 11) is 0. The van der Waals surface area contributed by atoms with Crippen LogP contribution in [0.2, 0.25) is 0 Å². The van der Waals surface area contributed by atoms with Gasteiger partial charge in [-0.1, -0.05) is 146 Å². The third-order valence-corrected chi connectivity index (χ3v) is 6.15. The summed E-state index contributed by atoms with van der Waals surface area (Å²) in [5.74, 6) is 0. The van der Waals surface area contributed by atoms with Crippen LogP contribution in [0.25, 0.3) is 0 Å². The third kappa shape index (κ3) is 8.42. The lowest BCUT2D eigenvalue weighted by Gasteiger charge is -2.29. The van der Waals surface area contributed by atoms with Gasteiger partial charge >= 0.3 is 0 Å². The van der Waals surface area contributed by atoms with Crippen LogP contribution in [-0.2, 0) is 27.1 Å². The van der Waals surface area contributed by atoms with Gasteiger partial charge < -0.3 is 0 Å². The summed E-state index contributed by atoms with van der Waals surface area (Å²) in [4.78, 5) is 0. The molecule has 0 saturated heterocycles. The molecule has 0 heteroatoms. The highest BCUT2D eigenvalue weighted by Crippen LogP contribution is 2.34. The second kappa shape index (κ2) is 9.36. The molecule has 0 amide bonds. The minimum Gasteiger partial charge on any atom is -0.0582 e. The molecule has 0 unspecified atom stereocenters. The standard InChI is InChI=1S/C18H30.C14H22/c1-16(2,3)13-10-14(17(4,5)6)12-15(11-13)18(7,8)9;1-13(2,3)11-7-9-12(10-8-11)14(4,5)6/h10-12H,1-9H3;7-10H,1-6H3. The van der Waals surface area contributed by atoms with Crippen LogP contribution in [0.15, 0.2) is 42.5 Å². The Morgan fingerprint density at radius 3 is 0.562 bits per heavy atom. The van der Waals surface area contributed by atoms with E-state index in [1.54, 1.807) is 0 Å². The smallest absolute Gasteiger partial charge is 0.0132 e. The van der Waals surface area contributed by atoms with E-state index in [4.69, 9.17) is 0 Å². The summed E-state index contributed by atoms with van der Waals surface area (Å²) in [5, 5.41) is 0. The molecule has 0 aliphatic rings. The predicted octanol–water partition coefficient (Wildman–Crippen LogP) is 9.86. The van der Waals surface area contributed by atoms with Crippen molar-refractivity contribution in [3.63, 3.8) is 0 Å². The van der Waals surface area contributed by atoms with Gasteiger partial charge in [0.1, 0.15) is 0 Å². The molecule has 0 bridgehead atoms. The lowest BCUT2D eigenvalue weighted by molar-refractivity contribution is 0.548. The average molecular weight is 437 g/mol. The van der Waals surface area contributed by atoms with Crippen molar-refractivity contribution in [3.8, 4) is 0 Å². The highest BCUT2D eigenvalue weighted by molar-refractivity contribution is 5.40. The van der Waals surface area contributed by atoms with E-state index < -0.39 is 0 Å². The number of benzene rings is 2. The summed E-state index contributed by atoms with van der Waals surface area (Å²) in [6.07, 6.45) is 0. The van der Waals surface area contributed by atoms with Crippen molar-refractivity contribution in [1.29, 1.82) is 0 Å². The van der Waals surface area contributed by atoms with Crippen molar-refractivity contribution >= 4 is 0 Å². The summed E-state index contributed by atoms with van der Waals surface area (Å²) in [6.45, 7) is 34.1. The quantitative estimate of drug-likeness (QED) is 0.385. The molecule has 0 radical (unpaired) electrons. The molecule has 0 fully saturated rings. The van der Waals surface area contributed by atoms with Crippen molar-refractivity contribution in [1.82, 2.24) is 0 Å². The third-order valence-electron chi connectivity index (χ3n) is 6.15. The molecule has 0 aromatic heterocycles. The second-order valence-electron chi connectivity index (χ2n) is 14.6. The van der Waals surface area contributed by atoms with Gasteiger partial charge in [-0.15, -0.1) is 0 Å². The number of hydrogen-bond donors (Lipinski definition) is 0. The molecular formula is C32H52. The van der Waals surface area contributed by atoms with Gasteiger partial charge in [-0.25, -0.2) is 0 Å². The van der Waals surface area contributed by atoms with Crippen molar-refractivity contribution in [3.05, 3.63) is 70.3 Å². The van der Waals surface area contributed by atoms with E-state index in [0.29, 0.717) is 0 Å². The molecule has 0 aliphatic carbocycles. The van der Waals surface area contributed by atoms with Gasteiger partial charge in [0.15, 0.2) is 0 Å². The average Bonchev–Trinajstić information content (AvgIpc) is 2.58. The summed E-state index contributed by atoms with van der Waals surface area (Å²) < 4.78 is 0. The SMILES string of the molecule is CC(C)(C)c1cc(C(C)(C)C)cc(C(C)(C)C)c1.CC(C)(C)c1ccc(C(C)(C)C)cc1. The largest absolute Gasteiger partial charge is 0.0582 e. The van der Waals surface area contributed by atoms with Gasteiger partial charge in [0.25, 0.3) is 0 Å². The van der Waals surface area contributed by atoms with Gasteiger partial charge in [0, 0.05) is 0 Å². The van der Waals surface area contributed by atoms with Crippen LogP contribution >= 0.6 is 0 Å². The van der Waals surface area contributed by atoms with Crippen LogP contribution in [0.3, 0.4) is 0 Å². The highest BCUT2D eigenvalue weighted by Gasteiger charge is 2.24. The molecule has 0 N–H and O–H groups in total. The van der Waals surface area contributed by atoms with Crippen molar-refractivity contribution < 1.29 is 0 Å². The Morgan fingerprint density at radius 1 is 0.281 bits per heavy atom. The molecule has 2 rings (SSSR count). The second-order valence-corrected chi connectivity index (χ2v) is 14.6. The fourth-order valence-electron chi connectivity index (χ4n) is 3.40.